The first-order chi connectivity index (χ1) is 14.0. The van der Waals surface area contributed by atoms with Gasteiger partial charge in [0.15, 0.2) is 0 Å². The predicted molar refractivity (Wildman–Crippen MR) is 111 cm³/mol. The number of carbonyl (C=O) groups excluding carboxylic acids is 1. The Bertz CT molecular complexity index is 718. The second kappa shape index (κ2) is 8.71. The minimum Gasteiger partial charge on any atom is -0.356 e. The lowest BCUT2D eigenvalue weighted by Gasteiger charge is -2.47. The number of likely N-dealkylation sites (tertiary alicyclic amines) is 1. The molecular weight excluding hydrogens is 370 g/mol. The third kappa shape index (κ3) is 4.50. The van der Waals surface area contributed by atoms with Crippen LogP contribution in [-0.2, 0) is 11.3 Å². The Balaban J connectivity index is 1.29. The van der Waals surface area contributed by atoms with E-state index in [4.69, 9.17) is 0 Å². The van der Waals surface area contributed by atoms with Crippen molar-refractivity contribution in [3.8, 4) is 0 Å². The number of amides is 1. The van der Waals surface area contributed by atoms with Crippen molar-refractivity contribution < 1.29 is 13.6 Å². The molecule has 3 fully saturated rings. The SMILES string of the molecule is CCNC(=O)C1CC(F)(C2CCC(c3ccc(CN4CCCC4)c(F)c3)CC2)C1. The summed E-state index contributed by atoms with van der Waals surface area (Å²) in [6.07, 6.45) is 6.65. The average molecular weight is 405 g/mol. The third-order valence-corrected chi connectivity index (χ3v) is 7.49. The first-order valence-corrected chi connectivity index (χ1v) is 11.5. The number of carbonyl (C=O) groups is 1. The molecule has 29 heavy (non-hydrogen) atoms. The topological polar surface area (TPSA) is 32.3 Å². The van der Waals surface area contributed by atoms with E-state index in [0.717, 1.165) is 49.9 Å². The molecule has 0 atom stereocenters. The fourth-order valence-electron chi connectivity index (χ4n) is 5.67. The molecule has 1 saturated heterocycles. The highest BCUT2D eigenvalue weighted by Gasteiger charge is 2.53. The van der Waals surface area contributed by atoms with Crippen LogP contribution < -0.4 is 5.32 Å². The van der Waals surface area contributed by atoms with E-state index in [2.05, 4.69) is 16.3 Å². The number of hydrogen-bond donors (Lipinski definition) is 1. The molecule has 2 aliphatic carbocycles. The Labute approximate surface area is 173 Å². The van der Waals surface area contributed by atoms with E-state index in [1.807, 2.05) is 13.0 Å². The summed E-state index contributed by atoms with van der Waals surface area (Å²) in [4.78, 5) is 14.2. The molecule has 4 rings (SSSR count). The average Bonchev–Trinajstić information content (AvgIpc) is 3.20. The normalized spacial score (nSPS) is 32.7. The quantitative estimate of drug-likeness (QED) is 0.728. The van der Waals surface area contributed by atoms with Crippen LogP contribution in [0.15, 0.2) is 18.2 Å². The van der Waals surface area contributed by atoms with Crippen molar-refractivity contribution in [2.75, 3.05) is 19.6 Å². The molecule has 1 aromatic rings. The molecule has 1 aromatic carbocycles. The lowest BCUT2D eigenvalue weighted by molar-refractivity contribution is -0.138. The van der Waals surface area contributed by atoms with Crippen LogP contribution in [0.25, 0.3) is 0 Å². The highest BCUT2D eigenvalue weighted by molar-refractivity contribution is 5.79. The maximum absolute atomic E-state index is 15.2. The molecule has 2 saturated carbocycles. The lowest BCUT2D eigenvalue weighted by Crippen LogP contribution is -2.52. The van der Waals surface area contributed by atoms with Crippen molar-refractivity contribution in [2.24, 2.45) is 11.8 Å². The fourth-order valence-corrected chi connectivity index (χ4v) is 5.67. The summed E-state index contributed by atoms with van der Waals surface area (Å²) in [7, 11) is 0. The van der Waals surface area contributed by atoms with E-state index in [9.17, 15) is 9.18 Å². The number of halogens is 2. The molecular formula is C24H34F2N2O. The number of hydrogen-bond acceptors (Lipinski definition) is 2. The van der Waals surface area contributed by atoms with Crippen molar-refractivity contribution >= 4 is 5.91 Å². The zero-order chi connectivity index (χ0) is 20.4. The Kier molecular flexibility index (Phi) is 6.24. The van der Waals surface area contributed by atoms with E-state index >= 15 is 4.39 Å². The molecule has 1 heterocycles. The van der Waals surface area contributed by atoms with Crippen molar-refractivity contribution in [3.63, 3.8) is 0 Å². The van der Waals surface area contributed by atoms with Crippen molar-refractivity contribution in [2.45, 2.75) is 76.4 Å². The molecule has 0 bridgehead atoms. The molecule has 3 aliphatic rings. The van der Waals surface area contributed by atoms with Crippen LogP contribution in [0.2, 0.25) is 0 Å². The zero-order valence-electron chi connectivity index (χ0n) is 17.6. The Morgan fingerprint density at radius 1 is 1.17 bits per heavy atom. The summed E-state index contributed by atoms with van der Waals surface area (Å²) < 4.78 is 29.9. The maximum Gasteiger partial charge on any atom is 0.223 e. The smallest absolute Gasteiger partial charge is 0.223 e. The third-order valence-electron chi connectivity index (χ3n) is 7.49. The van der Waals surface area contributed by atoms with Crippen LogP contribution in [0.5, 0.6) is 0 Å². The lowest BCUT2D eigenvalue weighted by atomic mass is 9.61. The summed E-state index contributed by atoms with van der Waals surface area (Å²) in [6, 6.07) is 5.75. The van der Waals surface area contributed by atoms with E-state index in [-0.39, 0.29) is 23.6 Å². The number of rotatable bonds is 6. The molecule has 1 N–H and O–H groups in total. The largest absolute Gasteiger partial charge is 0.356 e. The van der Waals surface area contributed by atoms with E-state index in [1.54, 1.807) is 6.07 Å². The fraction of sp³-hybridized carbons (Fsp3) is 0.708. The highest BCUT2D eigenvalue weighted by atomic mass is 19.1. The van der Waals surface area contributed by atoms with Gasteiger partial charge >= 0.3 is 0 Å². The first kappa shape index (κ1) is 20.8. The van der Waals surface area contributed by atoms with Gasteiger partial charge in [-0.05, 0) is 94.8 Å². The number of nitrogens with one attached hydrogen (secondary N) is 1. The van der Waals surface area contributed by atoms with Crippen LogP contribution >= 0.6 is 0 Å². The highest BCUT2D eigenvalue weighted by Crippen LogP contribution is 2.52. The molecule has 1 aliphatic heterocycles. The van der Waals surface area contributed by atoms with Gasteiger partial charge in [-0.1, -0.05) is 12.1 Å². The summed E-state index contributed by atoms with van der Waals surface area (Å²) >= 11 is 0. The van der Waals surface area contributed by atoms with Gasteiger partial charge in [-0.2, -0.15) is 0 Å². The van der Waals surface area contributed by atoms with Crippen LogP contribution in [-0.4, -0.2) is 36.1 Å². The second-order valence-corrected chi connectivity index (χ2v) is 9.42. The standard InChI is InChI=1S/C24H34F2N2O/c1-2-27-23(29)20-14-24(26,15-20)21-9-7-17(8-10-21)18-5-6-19(22(25)13-18)16-28-11-3-4-12-28/h5-6,13,17,20-21H,2-4,7-12,14-16H2,1H3,(H,27,29). The summed E-state index contributed by atoms with van der Waals surface area (Å²) in [6.45, 7) is 5.33. The second-order valence-electron chi connectivity index (χ2n) is 9.42. The monoisotopic (exact) mass is 404 g/mol. The van der Waals surface area contributed by atoms with Gasteiger partial charge in [-0.15, -0.1) is 0 Å². The molecule has 0 spiro atoms. The molecule has 5 heteroatoms. The first-order valence-electron chi connectivity index (χ1n) is 11.5. The van der Waals surface area contributed by atoms with Crippen LogP contribution in [0.3, 0.4) is 0 Å². The van der Waals surface area contributed by atoms with Gasteiger partial charge in [0.05, 0.1) is 0 Å². The zero-order valence-corrected chi connectivity index (χ0v) is 17.6. The molecule has 0 aromatic heterocycles. The molecule has 1 amide bonds. The summed E-state index contributed by atoms with van der Waals surface area (Å²) in [5.41, 5.74) is 0.678. The predicted octanol–water partition coefficient (Wildman–Crippen LogP) is 4.95. The minimum absolute atomic E-state index is 0.000966. The Morgan fingerprint density at radius 2 is 1.86 bits per heavy atom. The molecule has 0 unspecified atom stereocenters. The molecule has 0 radical (unpaired) electrons. The van der Waals surface area contributed by atoms with E-state index < -0.39 is 5.67 Å². The van der Waals surface area contributed by atoms with Crippen molar-refractivity contribution in [3.05, 3.63) is 35.1 Å². The van der Waals surface area contributed by atoms with Crippen LogP contribution in [0.4, 0.5) is 8.78 Å². The number of alkyl halides is 1. The van der Waals surface area contributed by atoms with E-state index in [1.165, 1.54) is 12.8 Å². The summed E-state index contributed by atoms with van der Waals surface area (Å²) in [5, 5.41) is 2.80. The Hall–Kier alpha value is -1.49. The number of benzene rings is 1. The van der Waals surface area contributed by atoms with Crippen molar-refractivity contribution in [1.82, 2.24) is 10.2 Å². The van der Waals surface area contributed by atoms with Gasteiger partial charge < -0.3 is 5.32 Å². The van der Waals surface area contributed by atoms with Gasteiger partial charge in [-0.3, -0.25) is 9.69 Å². The number of nitrogens with zero attached hydrogens (tertiary/aromatic N) is 1. The van der Waals surface area contributed by atoms with Crippen LogP contribution in [0, 0.1) is 17.7 Å². The van der Waals surface area contributed by atoms with Gasteiger partial charge in [0.1, 0.15) is 11.5 Å². The maximum atomic E-state index is 15.2. The molecule has 3 nitrogen and oxygen atoms in total. The van der Waals surface area contributed by atoms with E-state index in [0.29, 0.717) is 31.8 Å². The minimum atomic E-state index is -1.18. The summed E-state index contributed by atoms with van der Waals surface area (Å²) in [5.74, 6) is 0.115. The van der Waals surface area contributed by atoms with Crippen molar-refractivity contribution in [1.29, 1.82) is 0 Å². The van der Waals surface area contributed by atoms with Gasteiger partial charge in [0.2, 0.25) is 5.91 Å². The van der Waals surface area contributed by atoms with Gasteiger partial charge in [0.25, 0.3) is 0 Å². The van der Waals surface area contributed by atoms with Crippen LogP contribution in [0.1, 0.15) is 75.3 Å². The van der Waals surface area contributed by atoms with Gasteiger partial charge in [0, 0.05) is 24.6 Å². The Morgan fingerprint density at radius 3 is 2.48 bits per heavy atom. The molecule has 160 valence electrons. The van der Waals surface area contributed by atoms with Gasteiger partial charge in [-0.25, -0.2) is 8.78 Å².